The number of ether oxygens (including phenoxy) is 1. The minimum Gasteiger partial charge on any atom is -0.442 e. The number of benzene rings is 1. The van der Waals surface area contributed by atoms with E-state index in [0.717, 1.165) is 47.7 Å². The third-order valence-corrected chi connectivity index (χ3v) is 6.02. The van der Waals surface area contributed by atoms with Crippen molar-refractivity contribution in [1.29, 1.82) is 5.26 Å². The predicted molar refractivity (Wildman–Crippen MR) is 104 cm³/mol. The Bertz CT molecular complexity index is 1150. The number of anilines is 2. The molecule has 10 heteroatoms. The fraction of sp³-hybridized carbons (Fsp3) is 0.350. The van der Waals surface area contributed by atoms with Crippen molar-refractivity contribution in [1.82, 2.24) is 24.8 Å². The van der Waals surface area contributed by atoms with Crippen molar-refractivity contribution in [3.05, 3.63) is 53.6 Å². The third-order valence-electron chi connectivity index (χ3n) is 6.02. The number of aromatic nitrogens is 5. The number of carbonyl (C=O) groups excluding carboxylic acids is 1. The van der Waals surface area contributed by atoms with E-state index in [4.69, 9.17) is 10.00 Å². The molecular weight excluding hydrogens is 384 g/mol. The highest BCUT2D eigenvalue weighted by molar-refractivity contribution is 5.94. The SMILES string of the molecule is N#CCn1cc2c(n1)CN(c1ccc3c(c1)C[C@H]1[C@H](Cn4ccnn4)OC(=O)N31)C2. The zero-order chi connectivity index (χ0) is 20.2. The van der Waals surface area contributed by atoms with Crippen molar-refractivity contribution in [2.75, 3.05) is 9.80 Å². The van der Waals surface area contributed by atoms with Gasteiger partial charge in [0.2, 0.25) is 0 Å². The van der Waals surface area contributed by atoms with Crippen LogP contribution in [0.2, 0.25) is 0 Å². The van der Waals surface area contributed by atoms with Crippen molar-refractivity contribution < 1.29 is 9.53 Å². The number of rotatable bonds is 4. The van der Waals surface area contributed by atoms with E-state index in [9.17, 15) is 4.79 Å². The Morgan fingerprint density at radius 1 is 1.23 bits per heavy atom. The van der Waals surface area contributed by atoms with Crippen LogP contribution in [0.1, 0.15) is 16.8 Å². The summed E-state index contributed by atoms with van der Waals surface area (Å²) in [6.07, 6.45) is 5.54. The molecule has 1 fully saturated rings. The fourth-order valence-electron chi connectivity index (χ4n) is 4.68. The summed E-state index contributed by atoms with van der Waals surface area (Å²) >= 11 is 0. The van der Waals surface area contributed by atoms with Crippen LogP contribution in [-0.2, 0) is 37.3 Å². The molecule has 1 saturated heterocycles. The van der Waals surface area contributed by atoms with Gasteiger partial charge >= 0.3 is 6.09 Å². The van der Waals surface area contributed by atoms with E-state index in [1.807, 2.05) is 12.3 Å². The molecule has 0 spiro atoms. The number of cyclic esters (lactones) is 1. The van der Waals surface area contributed by atoms with Gasteiger partial charge in [0.15, 0.2) is 0 Å². The van der Waals surface area contributed by atoms with E-state index >= 15 is 0 Å². The summed E-state index contributed by atoms with van der Waals surface area (Å²) in [5, 5.41) is 21.2. The van der Waals surface area contributed by atoms with Gasteiger partial charge in [0.1, 0.15) is 12.6 Å². The molecule has 0 radical (unpaired) electrons. The number of carbonyl (C=O) groups is 1. The van der Waals surface area contributed by atoms with Gasteiger partial charge in [-0.3, -0.25) is 9.58 Å². The van der Waals surface area contributed by atoms with Crippen LogP contribution >= 0.6 is 0 Å². The number of hydrogen-bond donors (Lipinski definition) is 0. The molecule has 0 bridgehead atoms. The Morgan fingerprint density at radius 3 is 2.97 bits per heavy atom. The van der Waals surface area contributed by atoms with Crippen molar-refractivity contribution in [3.63, 3.8) is 0 Å². The maximum absolute atomic E-state index is 12.5. The Morgan fingerprint density at radius 2 is 2.17 bits per heavy atom. The number of nitriles is 1. The molecule has 1 amide bonds. The average molecular weight is 402 g/mol. The summed E-state index contributed by atoms with van der Waals surface area (Å²) in [4.78, 5) is 16.5. The molecule has 0 unspecified atom stereocenters. The second-order valence-corrected chi connectivity index (χ2v) is 7.81. The number of nitrogens with zero attached hydrogens (tertiary/aromatic N) is 8. The first kappa shape index (κ1) is 17.0. The van der Waals surface area contributed by atoms with Crippen LogP contribution in [0.3, 0.4) is 0 Å². The lowest BCUT2D eigenvalue weighted by atomic mass is 10.0. The number of hydrogen-bond acceptors (Lipinski definition) is 7. The van der Waals surface area contributed by atoms with Crippen LogP contribution in [0.4, 0.5) is 16.2 Å². The summed E-state index contributed by atoms with van der Waals surface area (Å²) in [5.74, 6) is 0. The van der Waals surface area contributed by atoms with Crippen molar-refractivity contribution in [3.8, 4) is 6.07 Å². The zero-order valence-corrected chi connectivity index (χ0v) is 16.0. The van der Waals surface area contributed by atoms with Crippen LogP contribution < -0.4 is 9.80 Å². The number of amides is 1. The Labute approximate surface area is 171 Å². The molecule has 10 nitrogen and oxygen atoms in total. The summed E-state index contributed by atoms with van der Waals surface area (Å²) in [6.45, 7) is 2.25. The molecule has 3 aliphatic heterocycles. The standard InChI is InChI=1S/C20H18N8O2/c21-3-5-26-10-14-9-25(11-16(14)23-26)15-1-2-17-13(7-15)8-18-19(30-20(29)28(17)18)12-27-6-4-22-24-27/h1-2,4,6-7,10,18-19H,5,8-9,11-12H2/t18-,19-/m0/s1. The van der Waals surface area contributed by atoms with Gasteiger partial charge in [-0.2, -0.15) is 10.4 Å². The van der Waals surface area contributed by atoms with Gasteiger partial charge in [0, 0.05) is 30.2 Å². The molecule has 3 aromatic rings. The molecule has 2 atom stereocenters. The van der Waals surface area contributed by atoms with Gasteiger partial charge in [-0.1, -0.05) is 5.21 Å². The summed E-state index contributed by atoms with van der Waals surface area (Å²) < 4.78 is 9.00. The van der Waals surface area contributed by atoms with Crippen molar-refractivity contribution >= 4 is 17.5 Å². The van der Waals surface area contributed by atoms with Crippen LogP contribution in [0.25, 0.3) is 0 Å². The molecule has 0 saturated carbocycles. The zero-order valence-electron chi connectivity index (χ0n) is 16.0. The topological polar surface area (TPSA) is 105 Å². The summed E-state index contributed by atoms with van der Waals surface area (Å²) in [7, 11) is 0. The van der Waals surface area contributed by atoms with E-state index in [0.29, 0.717) is 6.54 Å². The molecule has 1 aromatic carbocycles. The maximum Gasteiger partial charge on any atom is 0.415 e. The van der Waals surface area contributed by atoms with Crippen molar-refractivity contribution in [2.24, 2.45) is 0 Å². The smallest absolute Gasteiger partial charge is 0.415 e. The molecule has 6 rings (SSSR count). The third kappa shape index (κ3) is 2.55. The average Bonchev–Trinajstić information content (AvgIpc) is 3.51. The molecule has 2 aromatic heterocycles. The second-order valence-electron chi connectivity index (χ2n) is 7.81. The minimum atomic E-state index is -0.301. The molecule has 3 aliphatic rings. The molecule has 30 heavy (non-hydrogen) atoms. The Hall–Kier alpha value is -3.87. The lowest BCUT2D eigenvalue weighted by Gasteiger charge is -2.19. The van der Waals surface area contributed by atoms with Gasteiger partial charge in [-0.25, -0.2) is 9.48 Å². The van der Waals surface area contributed by atoms with Gasteiger partial charge in [0.25, 0.3) is 0 Å². The summed E-state index contributed by atoms with van der Waals surface area (Å²) in [6, 6.07) is 8.32. The van der Waals surface area contributed by atoms with Crippen molar-refractivity contribution in [2.45, 2.75) is 44.7 Å². The van der Waals surface area contributed by atoms with Crippen LogP contribution in [-0.4, -0.2) is 43.0 Å². The molecular formula is C20H18N8O2. The lowest BCUT2D eigenvalue weighted by molar-refractivity contribution is 0.117. The highest BCUT2D eigenvalue weighted by Crippen LogP contribution is 2.41. The van der Waals surface area contributed by atoms with Gasteiger partial charge in [-0.15, -0.1) is 5.10 Å². The lowest BCUT2D eigenvalue weighted by Crippen LogP contribution is -2.35. The Balaban J connectivity index is 1.22. The first-order valence-electron chi connectivity index (χ1n) is 9.83. The molecule has 0 N–H and O–H groups in total. The predicted octanol–water partition coefficient (Wildman–Crippen LogP) is 1.47. The molecule has 150 valence electrons. The van der Waals surface area contributed by atoms with E-state index in [2.05, 4.69) is 38.5 Å². The normalized spacial score (nSPS) is 21.4. The first-order valence-corrected chi connectivity index (χ1v) is 9.83. The quantitative estimate of drug-likeness (QED) is 0.651. The molecule has 5 heterocycles. The monoisotopic (exact) mass is 402 g/mol. The minimum absolute atomic E-state index is 0.0310. The molecule has 0 aliphatic carbocycles. The Kier molecular flexibility index (Phi) is 3.59. The van der Waals surface area contributed by atoms with E-state index < -0.39 is 0 Å². The van der Waals surface area contributed by atoms with Crippen LogP contribution in [0, 0.1) is 11.3 Å². The number of fused-ring (bicyclic) bond motifs is 4. The highest BCUT2D eigenvalue weighted by Gasteiger charge is 2.47. The van der Waals surface area contributed by atoms with Gasteiger partial charge in [-0.05, 0) is 30.2 Å². The second kappa shape index (κ2) is 6.32. The van der Waals surface area contributed by atoms with E-state index in [1.165, 1.54) is 0 Å². The fourth-order valence-corrected chi connectivity index (χ4v) is 4.68. The van der Waals surface area contributed by atoms with Crippen LogP contribution in [0.15, 0.2) is 36.8 Å². The maximum atomic E-state index is 12.5. The van der Waals surface area contributed by atoms with E-state index in [1.54, 1.807) is 26.7 Å². The highest BCUT2D eigenvalue weighted by atomic mass is 16.6. The van der Waals surface area contributed by atoms with Crippen LogP contribution in [0.5, 0.6) is 0 Å². The van der Waals surface area contributed by atoms with Gasteiger partial charge in [0.05, 0.1) is 42.8 Å². The summed E-state index contributed by atoms with van der Waals surface area (Å²) in [5.41, 5.74) is 5.36. The largest absolute Gasteiger partial charge is 0.442 e. The van der Waals surface area contributed by atoms with Gasteiger partial charge < -0.3 is 9.64 Å². The van der Waals surface area contributed by atoms with E-state index in [-0.39, 0.29) is 24.8 Å². The first-order chi connectivity index (χ1) is 14.7.